The first-order valence-corrected chi connectivity index (χ1v) is 8.71. The number of fused-ring (bicyclic) bond motifs is 1. The zero-order chi connectivity index (χ0) is 16.5. The summed E-state index contributed by atoms with van der Waals surface area (Å²) in [5.74, 6) is 1.41. The average Bonchev–Trinajstić information content (AvgIpc) is 2.43. The number of ketones is 1. The molecule has 22 heavy (non-hydrogen) atoms. The Kier molecular flexibility index (Phi) is 5.01. The van der Waals surface area contributed by atoms with Crippen LogP contribution in [-0.4, -0.2) is 17.5 Å². The third kappa shape index (κ3) is 2.95. The molecular weight excluding hydrogens is 272 g/mol. The molecule has 0 aromatic heterocycles. The van der Waals surface area contributed by atoms with E-state index in [0.29, 0.717) is 17.6 Å². The van der Waals surface area contributed by atoms with Gasteiger partial charge >= 0.3 is 0 Å². The van der Waals surface area contributed by atoms with E-state index in [2.05, 4.69) is 34.3 Å². The third-order valence-corrected chi connectivity index (χ3v) is 6.59. The molecule has 1 N–H and O–H groups in total. The monoisotopic (exact) mass is 304 g/mol. The van der Waals surface area contributed by atoms with Crippen molar-refractivity contribution in [2.75, 3.05) is 6.61 Å². The first-order chi connectivity index (χ1) is 10.2. The van der Waals surface area contributed by atoms with Crippen molar-refractivity contribution in [2.45, 2.75) is 66.2 Å². The second-order valence-electron chi connectivity index (χ2n) is 8.22. The number of carbonyl (C=O) groups excluding carboxylic acids is 1. The summed E-state index contributed by atoms with van der Waals surface area (Å²) < 4.78 is 0. The molecule has 2 saturated carbocycles. The molecule has 2 fully saturated rings. The molecule has 2 aliphatic carbocycles. The van der Waals surface area contributed by atoms with E-state index >= 15 is 0 Å². The van der Waals surface area contributed by atoms with Gasteiger partial charge in [-0.1, -0.05) is 44.6 Å². The van der Waals surface area contributed by atoms with Crippen molar-refractivity contribution < 1.29 is 9.90 Å². The SMILES string of the molecule is C=C1CCC2C(C)(C)C(=O)CC[C@@]2(C)[C@@H]1CC/C(C)=C/CO. The summed E-state index contributed by atoms with van der Waals surface area (Å²) in [6, 6.07) is 0. The van der Waals surface area contributed by atoms with Gasteiger partial charge in [-0.3, -0.25) is 4.79 Å². The zero-order valence-corrected chi connectivity index (χ0v) is 14.7. The van der Waals surface area contributed by atoms with Crippen LogP contribution in [0.15, 0.2) is 23.8 Å². The van der Waals surface area contributed by atoms with E-state index in [1.807, 2.05) is 6.08 Å². The van der Waals surface area contributed by atoms with E-state index in [1.54, 1.807) is 0 Å². The summed E-state index contributed by atoms with van der Waals surface area (Å²) in [7, 11) is 0. The predicted octanol–water partition coefficient (Wildman–Crippen LogP) is 4.68. The van der Waals surface area contributed by atoms with Crippen molar-refractivity contribution in [1.29, 1.82) is 0 Å². The lowest BCUT2D eigenvalue weighted by Gasteiger charge is -2.57. The Labute approximate surface area is 135 Å². The lowest BCUT2D eigenvalue weighted by atomic mass is 9.47. The van der Waals surface area contributed by atoms with Gasteiger partial charge in [0.1, 0.15) is 5.78 Å². The van der Waals surface area contributed by atoms with Crippen LogP contribution < -0.4 is 0 Å². The van der Waals surface area contributed by atoms with Crippen molar-refractivity contribution in [1.82, 2.24) is 0 Å². The number of rotatable bonds is 4. The van der Waals surface area contributed by atoms with Crippen LogP contribution in [0.4, 0.5) is 0 Å². The Bertz CT molecular complexity index is 486. The minimum absolute atomic E-state index is 0.124. The van der Waals surface area contributed by atoms with E-state index in [1.165, 1.54) is 11.1 Å². The molecule has 2 nitrogen and oxygen atoms in total. The molecule has 0 aromatic carbocycles. The van der Waals surface area contributed by atoms with Gasteiger partial charge in [0.15, 0.2) is 0 Å². The Morgan fingerprint density at radius 1 is 1.36 bits per heavy atom. The van der Waals surface area contributed by atoms with Crippen LogP contribution in [0.2, 0.25) is 0 Å². The Morgan fingerprint density at radius 2 is 2.05 bits per heavy atom. The molecular formula is C20H32O2. The first kappa shape index (κ1) is 17.5. The number of carbonyl (C=O) groups is 1. The quantitative estimate of drug-likeness (QED) is 0.765. The van der Waals surface area contributed by atoms with Crippen LogP contribution in [0, 0.1) is 22.7 Å². The lowest BCUT2D eigenvalue weighted by Crippen LogP contribution is -2.53. The van der Waals surface area contributed by atoms with Crippen molar-refractivity contribution in [2.24, 2.45) is 22.7 Å². The second-order valence-corrected chi connectivity index (χ2v) is 8.22. The Balaban J connectivity index is 2.23. The molecule has 0 saturated heterocycles. The number of allylic oxidation sites excluding steroid dienone is 2. The smallest absolute Gasteiger partial charge is 0.138 e. The van der Waals surface area contributed by atoms with Gasteiger partial charge in [0.2, 0.25) is 0 Å². The van der Waals surface area contributed by atoms with E-state index in [4.69, 9.17) is 5.11 Å². The molecule has 2 rings (SSSR count). The van der Waals surface area contributed by atoms with Gasteiger partial charge < -0.3 is 5.11 Å². The molecule has 0 heterocycles. The fraction of sp³-hybridized carbons (Fsp3) is 0.750. The van der Waals surface area contributed by atoms with Crippen LogP contribution in [0.1, 0.15) is 66.2 Å². The minimum atomic E-state index is -0.193. The highest BCUT2D eigenvalue weighted by Gasteiger charge is 2.55. The number of hydrogen-bond acceptors (Lipinski definition) is 2. The number of Topliss-reactive ketones (excluding diaryl/α,β-unsaturated/α-hetero) is 1. The van der Waals surface area contributed by atoms with Gasteiger partial charge in [-0.25, -0.2) is 0 Å². The summed E-state index contributed by atoms with van der Waals surface area (Å²) in [6.07, 6.45) is 7.90. The fourth-order valence-electron chi connectivity index (χ4n) is 5.14. The Hall–Kier alpha value is -0.890. The van der Waals surface area contributed by atoms with Gasteiger partial charge in [0.05, 0.1) is 6.61 Å². The van der Waals surface area contributed by atoms with Gasteiger partial charge in [0.25, 0.3) is 0 Å². The van der Waals surface area contributed by atoms with E-state index < -0.39 is 0 Å². The predicted molar refractivity (Wildman–Crippen MR) is 91.6 cm³/mol. The number of aliphatic hydroxyl groups is 1. The van der Waals surface area contributed by atoms with Gasteiger partial charge in [-0.05, 0) is 56.3 Å². The van der Waals surface area contributed by atoms with Crippen molar-refractivity contribution in [3.8, 4) is 0 Å². The lowest BCUT2D eigenvalue weighted by molar-refractivity contribution is -0.144. The van der Waals surface area contributed by atoms with Gasteiger partial charge in [-0.2, -0.15) is 0 Å². The summed E-state index contributed by atoms with van der Waals surface area (Å²) >= 11 is 0. The van der Waals surface area contributed by atoms with E-state index in [0.717, 1.165) is 38.5 Å². The molecule has 2 aliphatic rings. The van der Waals surface area contributed by atoms with Crippen LogP contribution in [0.5, 0.6) is 0 Å². The molecule has 0 radical (unpaired) electrons. The minimum Gasteiger partial charge on any atom is -0.392 e. The Morgan fingerprint density at radius 3 is 2.68 bits per heavy atom. The van der Waals surface area contributed by atoms with Crippen LogP contribution in [0.3, 0.4) is 0 Å². The molecule has 2 heteroatoms. The molecule has 0 spiro atoms. The highest BCUT2D eigenvalue weighted by Crippen LogP contribution is 2.60. The molecule has 0 aliphatic heterocycles. The molecule has 0 aromatic rings. The molecule has 0 bridgehead atoms. The summed E-state index contributed by atoms with van der Waals surface area (Å²) in [5, 5.41) is 9.03. The highest BCUT2D eigenvalue weighted by molar-refractivity contribution is 5.85. The standard InChI is InChI=1S/C20H32O2/c1-14(11-13-21)6-8-16-15(2)7-9-17-19(3,4)18(22)10-12-20(16,17)5/h11,16-17,21H,2,6-10,12-13H2,1,3-5H3/b14-11+/t16-,17?,20+/m1/s1. The topological polar surface area (TPSA) is 37.3 Å². The van der Waals surface area contributed by atoms with Crippen molar-refractivity contribution in [3.05, 3.63) is 23.8 Å². The average molecular weight is 304 g/mol. The zero-order valence-electron chi connectivity index (χ0n) is 14.7. The summed E-state index contributed by atoms with van der Waals surface area (Å²) in [5.41, 5.74) is 2.64. The van der Waals surface area contributed by atoms with Crippen LogP contribution in [-0.2, 0) is 4.79 Å². The number of hydrogen-bond donors (Lipinski definition) is 1. The molecule has 3 atom stereocenters. The normalized spacial score (nSPS) is 35.4. The molecule has 124 valence electrons. The molecule has 1 unspecified atom stereocenters. The van der Waals surface area contributed by atoms with Crippen LogP contribution in [0.25, 0.3) is 0 Å². The van der Waals surface area contributed by atoms with Crippen LogP contribution >= 0.6 is 0 Å². The summed E-state index contributed by atoms with van der Waals surface area (Å²) in [4.78, 5) is 12.4. The second kappa shape index (κ2) is 6.31. The van der Waals surface area contributed by atoms with Gasteiger partial charge in [-0.15, -0.1) is 0 Å². The van der Waals surface area contributed by atoms with E-state index in [-0.39, 0.29) is 17.4 Å². The number of aliphatic hydroxyl groups excluding tert-OH is 1. The maximum Gasteiger partial charge on any atom is 0.138 e. The summed E-state index contributed by atoms with van der Waals surface area (Å²) in [6.45, 7) is 13.3. The van der Waals surface area contributed by atoms with Crippen molar-refractivity contribution >= 4 is 5.78 Å². The third-order valence-electron chi connectivity index (χ3n) is 6.59. The molecule has 0 amide bonds. The maximum absolute atomic E-state index is 12.4. The van der Waals surface area contributed by atoms with E-state index in [9.17, 15) is 4.79 Å². The highest BCUT2D eigenvalue weighted by atomic mass is 16.2. The van der Waals surface area contributed by atoms with Crippen molar-refractivity contribution in [3.63, 3.8) is 0 Å². The maximum atomic E-state index is 12.4. The van der Waals surface area contributed by atoms with Gasteiger partial charge in [0, 0.05) is 11.8 Å². The fourth-order valence-corrected chi connectivity index (χ4v) is 5.14. The largest absolute Gasteiger partial charge is 0.392 e. The first-order valence-electron chi connectivity index (χ1n) is 8.71.